The van der Waals surface area contributed by atoms with Crippen molar-refractivity contribution in [2.24, 2.45) is 0 Å². The van der Waals surface area contributed by atoms with Gasteiger partial charge in [0.05, 0.1) is 10.7 Å². The second kappa shape index (κ2) is 3.81. The van der Waals surface area contributed by atoms with E-state index in [0.717, 1.165) is 10.7 Å². The van der Waals surface area contributed by atoms with E-state index in [4.69, 9.17) is 11.6 Å². The van der Waals surface area contributed by atoms with Crippen LogP contribution in [0, 0.1) is 0 Å². The van der Waals surface area contributed by atoms with Crippen molar-refractivity contribution in [1.82, 2.24) is 0 Å². The number of halogens is 1. The van der Waals surface area contributed by atoms with E-state index in [1.165, 1.54) is 5.56 Å². The Morgan fingerprint density at radius 3 is 2.42 bits per heavy atom. The first-order chi connectivity index (χ1) is 5.65. The highest BCUT2D eigenvalue weighted by Crippen LogP contribution is 2.25. The minimum absolute atomic E-state index is 0.536. The summed E-state index contributed by atoms with van der Waals surface area (Å²) in [5.41, 5.74) is 2.26. The standard InChI is InChI=1S/C10H14ClN/c1-7(2)8-4-5-10(12-3)9(11)6-8/h4-7,12H,1-3H3. The normalized spacial score (nSPS) is 10.4. The van der Waals surface area contributed by atoms with Crippen molar-refractivity contribution >= 4 is 17.3 Å². The molecule has 0 spiro atoms. The first-order valence-electron chi connectivity index (χ1n) is 4.12. The Balaban J connectivity index is 3.02. The summed E-state index contributed by atoms with van der Waals surface area (Å²) in [5.74, 6) is 0.536. The van der Waals surface area contributed by atoms with Gasteiger partial charge in [-0.2, -0.15) is 0 Å². The van der Waals surface area contributed by atoms with Gasteiger partial charge in [-0.15, -0.1) is 0 Å². The lowest BCUT2D eigenvalue weighted by Crippen LogP contribution is -1.92. The molecule has 0 unspecified atom stereocenters. The molecule has 1 rings (SSSR count). The van der Waals surface area contributed by atoms with E-state index in [-0.39, 0.29) is 0 Å². The first kappa shape index (κ1) is 9.40. The molecule has 12 heavy (non-hydrogen) atoms. The molecule has 1 aromatic rings. The third-order valence-corrected chi connectivity index (χ3v) is 2.24. The fraction of sp³-hybridized carbons (Fsp3) is 0.400. The largest absolute Gasteiger partial charge is 0.387 e. The summed E-state index contributed by atoms with van der Waals surface area (Å²) >= 11 is 6.01. The van der Waals surface area contributed by atoms with Gasteiger partial charge in [-0.1, -0.05) is 31.5 Å². The van der Waals surface area contributed by atoms with Crippen molar-refractivity contribution in [3.05, 3.63) is 28.8 Å². The number of anilines is 1. The Kier molecular flexibility index (Phi) is 2.99. The van der Waals surface area contributed by atoms with Crippen molar-refractivity contribution in [3.63, 3.8) is 0 Å². The molecule has 0 aliphatic rings. The van der Waals surface area contributed by atoms with E-state index in [1.807, 2.05) is 19.2 Å². The second-order valence-corrected chi connectivity index (χ2v) is 3.55. The molecular formula is C10H14ClN. The zero-order chi connectivity index (χ0) is 9.14. The van der Waals surface area contributed by atoms with Gasteiger partial charge in [-0.05, 0) is 23.6 Å². The number of rotatable bonds is 2. The highest BCUT2D eigenvalue weighted by Gasteiger charge is 2.02. The van der Waals surface area contributed by atoms with Gasteiger partial charge in [0.1, 0.15) is 0 Å². The summed E-state index contributed by atoms with van der Waals surface area (Å²) in [6, 6.07) is 6.12. The van der Waals surface area contributed by atoms with Crippen LogP contribution < -0.4 is 5.32 Å². The molecule has 0 aromatic heterocycles. The topological polar surface area (TPSA) is 12.0 Å². The number of hydrogen-bond acceptors (Lipinski definition) is 1. The highest BCUT2D eigenvalue weighted by atomic mass is 35.5. The molecule has 0 aliphatic heterocycles. The van der Waals surface area contributed by atoms with E-state index < -0.39 is 0 Å². The van der Waals surface area contributed by atoms with Crippen molar-refractivity contribution in [1.29, 1.82) is 0 Å². The fourth-order valence-electron chi connectivity index (χ4n) is 1.09. The van der Waals surface area contributed by atoms with Gasteiger partial charge in [0.2, 0.25) is 0 Å². The van der Waals surface area contributed by atoms with Crippen LogP contribution >= 0.6 is 11.6 Å². The molecule has 0 saturated carbocycles. The zero-order valence-electron chi connectivity index (χ0n) is 7.69. The molecule has 0 bridgehead atoms. The minimum Gasteiger partial charge on any atom is -0.387 e. The molecule has 66 valence electrons. The molecule has 0 heterocycles. The molecule has 0 saturated heterocycles. The average molecular weight is 184 g/mol. The molecule has 1 N–H and O–H groups in total. The molecule has 0 aliphatic carbocycles. The maximum Gasteiger partial charge on any atom is 0.0640 e. The number of benzene rings is 1. The average Bonchev–Trinajstić information content (AvgIpc) is 2.04. The van der Waals surface area contributed by atoms with E-state index in [2.05, 4.69) is 25.2 Å². The molecule has 1 aromatic carbocycles. The molecule has 1 nitrogen and oxygen atoms in total. The van der Waals surface area contributed by atoms with Crippen LogP contribution in [-0.2, 0) is 0 Å². The third-order valence-electron chi connectivity index (χ3n) is 1.93. The molecule has 0 fully saturated rings. The lowest BCUT2D eigenvalue weighted by atomic mass is 10.0. The van der Waals surface area contributed by atoms with Gasteiger partial charge in [0.15, 0.2) is 0 Å². The summed E-state index contributed by atoms with van der Waals surface area (Å²) in [4.78, 5) is 0. The van der Waals surface area contributed by atoms with E-state index in [9.17, 15) is 0 Å². The number of hydrogen-bond donors (Lipinski definition) is 1. The Morgan fingerprint density at radius 2 is 2.00 bits per heavy atom. The summed E-state index contributed by atoms with van der Waals surface area (Å²) in [6.45, 7) is 4.31. The summed E-state index contributed by atoms with van der Waals surface area (Å²) < 4.78 is 0. The van der Waals surface area contributed by atoms with Crippen LogP contribution in [0.4, 0.5) is 5.69 Å². The van der Waals surface area contributed by atoms with Gasteiger partial charge in [0.25, 0.3) is 0 Å². The van der Waals surface area contributed by atoms with Crippen molar-refractivity contribution in [2.45, 2.75) is 19.8 Å². The van der Waals surface area contributed by atoms with Crippen LogP contribution in [0.2, 0.25) is 5.02 Å². The van der Waals surface area contributed by atoms with Crippen LogP contribution in [0.25, 0.3) is 0 Å². The van der Waals surface area contributed by atoms with Crippen LogP contribution in [0.5, 0.6) is 0 Å². The van der Waals surface area contributed by atoms with Crippen molar-refractivity contribution in [3.8, 4) is 0 Å². The van der Waals surface area contributed by atoms with E-state index in [1.54, 1.807) is 0 Å². The molecule has 0 amide bonds. The Hall–Kier alpha value is -0.690. The van der Waals surface area contributed by atoms with Gasteiger partial charge >= 0.3 is 0 Å². The summed E-state index contributed by atoms with van der Waals surface area (Å²) in [7, 11) is 1.87. The second-order valence-electron chi connectivity index (χ2n) is 3.14. The smallest absolute Gasteiger partial charge is 0.0640 e. The maximum absolute atomic E-state index is 6.01. The highest BCUT2D eigenvalue weighted by molar-refractivity contribution is 6.33. The quantitative estimate of drug-likeness (QED) is 0.740. The van der Waals surface area contributed by atoms with Crippen LogP contribution in [-0.4, -0.2) is 7.05 Å². The van der Waals surface area contributed by atoms with E-state index >= 15 is 0 Å². The molecule has 0 radical (unpaired) electrons. The monoisotopic (exact) mass is 183 g/mol. The molecule has 0 atom stereocenters. The van der Waals surface area contributed by atoms with Gasteiger partial charge in [-0.25, -0.2) is 0 Å². The Labute approximate surface area is 78.7 Å². The zero-order valence-corrected chi connectivity index (χ0v) is 8.44. The summed E-state index contributed by atoms with van der Waals surface area (Å²) in [6.07, 6.45) is 0. The fourth-order valence-corrected chi connectivity index (χ4v) is 1.38. The lowest BCUT2D eigenvalue weighted by molar-refractivity contribution is 0.867. The van der Waals surface area contributed by atoms with Gasteiger partial charge in [0, 0.05) is 7.05 Å². The number of nitrogens with one attached hydrogen (secondary N) is 1. The lowest BCUT2D eigenvalue weighted by Gasteiger charge is -2.08. The SMILES string of the molecule is CNc1ccc(C(C)C)cc1Cl. The van der Waals surface area contributed by atoms with E-state index in [0.29, 0.717) is 5.92 Å². The molecule has 2 heteroatoms. The third kappa shape index (κ3) is 1.92. The van der Waals surface area contributed by atoms with Crippen LogP contribution in [0.1, 0.15) is 25.3 Å². The van der Waals surface area contributed by atoms with Crippen LogP contribution in [0.15, 0.2) is 18.2 Å². The van der Waals surface area contributed by atoms with Gasteiger partial charge < -0.3 is 5.32 Å². The summed E-state index contributed by atoms with van der Waals surface area (Å²) in [5, 5.41) is 3.82. The van der Waals surface area contributed by atoms with Crippen LogP contribution in [0.3, 0.4) is 0 Å². The first-order valence-corrected chi connectivity index (χ1v) is 4.50. The predicted molar refractivity (Wildman–Crippen MR) is 55.1 cm³/mol. The van der Waals surface area contributed by atoms with Crippen molar-refractivity contribution in [2.75, 3.05) is 12.4 Å². The predicted octanol–water partition coefficient (Wildman–Crippen LogP) is 3.51. The minimum atomic E-state index is 0.536. The van der Waals surface area contributed by atoms with Gasteiger partial charge in [-0.3, -0.25) is 0 Å². The molecular weight excluding hydrogens is 170 g/mol. The Morgan fingerprint density at radius 1 is 1.33 bits per heavy atom. The Bertz CT molecular complexity index is 269. The van der Waals surface area contributed by atoms with Crippen molar-refractivity contribution < 1.29 is 0 Å². The maximum atomic E-state index is 6.01.